The predicted molar refractivity (Wildman–Crippen MR) is 60.7 cm³/mol. The van der Waals surface area contributed by atoms with E-state index >= 15 is 0 Å². The fourth-order valence-electron chi connectivity index (χ4n) is 2.87. The van der Waals surface area contributed by atoms with E-state index in [1.165, 1.54) is 25.7 Å². The Morgan fingerprint density at radius 3 is 2.56 bits per heavy atom. The molecule has 2 amide bonds. The number of nitrogens with zero attached hydrogens (tertiary/aromatic N) is 1. The molecule has 1 saturated heterocycles. The Morgan fingerprint density at radius 1 is 1.31 bits per heavy atom. The zero-order valence-electron chi connectivity index (χ0n) is 10.0. The van der Waals surface area contributed by atoms with Crippen LogP contribution in [0.1, 0.15) is 39.5 Å². The predicted octanol–water partition coefficient (Wildman–Crippen LogP) is 0.912. The van der Waals surface area contributed by atoms with E-state index in [1.54, 1.807) is 11.8 Å². The Kier molecular flexibility index (Phi) is 3.17. The van der Waals surface area contributed by atoms with E-state index < -0.39 is 0 Å². The van der Waals surface area contributed by atoms with Gasteiger partial charge in [-0.25, -0.2) is 0 Å². The summed E-state index contributed by atoms with van der Waals surface area (Å²) >= 11 is 0. The van der Waals surface area contributed by atoms with Crippen LogP contribution in [0.4, 0.5) is 0 Å². The lowest BCUT2D eigenvalue weighted by Gasteiger charge is -2.37. The minimum absolute atomic E-state index is 0.0306. The van der Waals surface area contributed by atoms with Crippen molar-refractivity contribution in [3.63, 3.8) is 0 Å². The first kappa shape index (κ1) is 11.4. The summed E-state index contributed by atoms with van der Waals surface area (Å²) in [4.78, 5) is 25.2. The molecule has 2 atom stereocenters. The second-order valence-electron chi connectivity index (χ2n) is 5.04. The Morgan fingerprint density at radius 2 is 1.94 bits per heavy atom. The third-order valence-corrected chi connectivity index (χ3v) is 3.92. The molecule has 1 N–H and O–H groups in total. The van der Waals surface area contributed by atoms with E-state index in [0.29, 0.717) is 5.92 Å². The van der Waals surface area contributed by atoms with Crippen LogP contribution >= 0.6 is 0 Å². The number of hydrogen-bond acceptors (Lipinski definition) is 2. The molecule has 90 valence electrons. The standard InChI is InChI=1S/C12H20N2O2/c1-8-12(16)14(7-11(15)13-8)9(2)10-5-3-4-6-10/h8-10H,3-7H2,1-2H3,(H,13,15). The van der Waals surface area contributed by atoms with Gasteiger partial charge in [0.2, 0.25) is 11.8 Å². The quantitative estimate of drug-likeness (QED) is 0.758. The van der Waals surface area contributed by atoms with Gasteiger partial charge in [-0.05, 0) is 32.6 Å². The van der Waals surface area contributed by atoms with E-state index in [1.807, 2.05) is 0 Å². The molecule has 0 spiro atoms. The average molecular weight is 224 g/mol. The van der Waals surface area contributed by atoms with E-state index in [2.05, 4.69) is 12.2 Å². The molecule has 2 rings (SSSR count). The highest BCUT2D eigenvalue weighted by Crippen LogP contribution is 2.30. The van der Waals surface area contributed by atoms with Gasteiger partial charge >= 0.3 is 0 Å². The van der Waals surface area contributed by atoms with E-state index in [0.717, 1.165) is 0 Å². The van der Waals surface area contributed by atoms with Crippen LogP contribution in [0, 0.1) is 5.92 Å². The maximum Gasteiger partial charge on any atom is 0.245 e. The van der Waals surface area contributed by atoms with Gasteiger partial charge in [0.05, 0.1) is 6.54 Å². The van der Waals surface area contributed by atoms with Crippen molar-refractivity contribution in [3.05, 3.63) is 0 Å². The zero-order chi connectivity index (χ0) is 11.7. The number of carbonyl (C=O) groups excluding carboxylic acids is 2. The summed E-state index contributed by atoms with van der Waals surface area (Å²) < 4.78 is 0. The zero-order valence-corrected chi connectivity index (χ0v) is 10.0. The molecule has 1 aliphatic heterocycles. The molecule has 0 bridgehead atoms. The molecule has 2 fully saturated rings. The number of rotatable bonds is 2. The summed E-state index contributed by atoms with van der Waals surface area (Å²) in [7, 11) is 0. The van der Waals surface area contributed by atoms with Gasteiger partial charge in [-0.15, -0.1) is 0 Å². The molecular weight excluding hydrogens is 204 g/mol. The minimum Gasteiger partial charge on any atom is -0.343 e. The van der Waals surface area contributed by atoms with E-state index in [4.69, 9.17) is 0 Å². The number of amides is 2. The van der Waals surface area contributed by atoms with Gasteiger partial charge in [0.25, 0.3) is 0 Å². The molecule has 1 saturated carbocycles. The van der Waals surface area contributed by atoms with Gasteiger partial charge in [-0.3, -0.25) is 9.59 Å². The highest BCUT2D eigenvalue weighted by Gasteiger charge is 2.36. The summed E-state index contributed by atoms with van der Waals surface area (Å²) in [6.45, 7) is 4.08. The average Bonchev–Trinajstić information content (AvgIpc) is 2.75. The van der Waals surface area contributed by atoms with Gasteiger partial charge < -0.3 is 10.2 Å². The second-order valence-corrected chi connectivity index (χ2v) is 5.04. The monoisotopic (exact) mass is 224 g/mol. The van der Waals surface area contributed by atoms with Gasteiger partial charge in [-0.1, -0.05) is 12.8 Å². The van der Waals surface area contributed by atoms with Crippen molar-refractivity contribution in [2.24, 2.45) is 5.92 Å². The molecule has 4 heteroatoms. The van der Waals surface area contributed by atoms with Crippen molar-refractivity contribution in [1.29, 1.82) is 0 Å². The molecule has 2 aliphatic rings. The summed E-state index contributed by atoms with van der Waals surface area (Å²) in [5.74, 6) is 0.623. The van der Waals surface area contributed by atoms with Crippen molar-refractivity contribution >= 4 is 11.8 Å². The number of piperazine rings is 1. The number of nitrogens with one attached hydrogen (secondary N) is 1. The largest absolute Gasteiger partial charge is 0.343 e. The van der Waals surface area contributed by atoms with Crippen molar-refractivity contribution in [3.8, 4) is 0 Å². The van der Waals surface area contributed by atoms with Gasteiger partial charge in [-0.2, -0.15) is 0 Å². The molecule has 0 radical (unpaired) electrons. The Bertz CT molecular complexity index is 297. The molecule has 0 aromatic heterocycles. The topological polar surface area (TPSA) is 49.4 Å². The third-order valence-electron chi connectivity index (χ3n) is 3.92. The fourth-order valence-corrected chi connectivity index (χ4v) is 2.87. The van der Waals surface area contributed by atoms with Crippen LogP contribution in [0.25, 0.3) is 0 Å². The molecule has 0 aromatic carbocycles. The van der Waals surface area contributed by atoms with Crippen LogP contribution < -0.4 is 5.32 Å². The molecule has 16 heavy (non-hydrogen) atoms. The molecule has 1 aliphatic carbocycles. The van der Waals surface area contributed by atoms with Crippen LogP contribution in [-0.2, 0) is 9.59 Å². The van der Waals surface area contributed by atoms with E-state index in [9.17, 15) is 9.59 Å². The van der Waals surface area contributed by atoms with Crippen LogP contribution in [0.2, 0.25) is 0 Å². The maximum absolute atomic E-state index is 12.0. The Balaban J connectivity index is 2.05. The summed E-state index contributed by atoms with van der Waals surface area (Å²) in [5.41, 5.74) is 0. The molecule has 1 heterocycles. The molecule has 4 nitrogen and oxygen atoms in total. The maximum atomic E-state index is 12.0. The SMILES string of the molecule is CC1NC(=O)CN(C(C)C2CCCC2)C1=O. The van der Waals surface area contributed by atoms with E-state index in [-0.39, 0.29) is 30.4 Å². The normalized spacial score (nSPS) is 29.4. The Hall–Kier alpha value is -1.06. The summed E-state index contributed by atoms with van der Waals surface area (Å²) in [6.07, 6.45) is 4.92. The summed E-state index contributed by atoms with van der Waals surface area (Å²) in [5, 5.41) is 2.67. The third kappa shape index (κ3) is 2.06. The fraction of sp³-hybridized carbons (Fsp3) is 0.833. The number of carbonyl (C=O) groups is 2. The van der Waals surface area contributed by atoms with Crippen LogP contribution in [-0.4, -0.2) is 35.3 Å². The van der Waals surface area contributed by atoms with Gasteiger partial charge in [0, 0.05) is 6.04 Å². The van der Waals surface area contributed by atoms with Gasteiger partial charge in [0.15, 0.2) is 0 Å². The smallest absolute Gasteiger partial charge is 0.245 e. The van der Waals surface area contributed by atoms with Crippen molar-refractivity contribution in [2.45, 2.75) is 51.6 Å². The minimum atomic E-state index is -0.356. The van der Waals surface area contributed by atoms with Crippen LogP contribution in [0.5, 0.6) is 0 Å². The lowest BCUT2D eigenvalue weighted by Crippen LogP contribution is -2.60. The van der Waals surface area contributed by atoms with Crippen molar-refractivity contribution in [2.75, 3.05) is 6.54 Å². The second kappa shape index (κ2) is 4.44. The lowest BCUT2D eigenvalue weighted by atomic mass is 9.97. The first-order valence-electron chi connectivity index (χ1n) is 6.19. The molecule has 2 unspecified atom stereocenters. The van der Waals surface area contributed by atoms with Gasteiger partial charge in [0.1, 0.15) is 6.04 Å². The first-order chi connectivity index (χ1) is 7.59. The first-order valence-corrected chi connectivity index (χ1v) is 6.19. The van der Waals surface area contributed by atoms with Crippen LogP contribution in [0.15, 0.2) is 0 Å². The number of hydrogen-bond donors (Lipinski definition) is 1. The molecular formula is C12H20N2O2. The highest BCUT2D eigenvalue weighted by atomic mass is 16.2. The Labute approximate surface area is 96.4 Å². The van der Waals surface area contributed by atoms with Crippen LogP contribution in [0.3, 0.4) is 0 Å². The van der Waals surface area contributed by atoms with Crippen molar-refractivity contribution < 1.29 is 9.59 Å². The van der Waals surface area contributed by atoms with Crippen molar-refractivity contribution in [1.82, 2.24) is 10.2 Å². The highest BCUT2D eigenvalue weighted by molar-refractivity contribution is 5.94. The molecule has 0 aromatic rings. The summed E-state index contributed by atoms with van der Waals surface area (Å²) in [6, 6.07) is -0.145. The lowest BCUT2D eigenvalue weighted by molar-refractivity contribution is -0.146.